The number of benzene rings is 2. The first-order valence-electron chi connectivity index (χ1n) is 7.94. The molecule has 2 aromatic rings. The van der Waals surface area contributed by atoms with E-state index >= 15 is 0 Å². The average molecular weight is 300 g/mol. The SMILES string of the molecule is CCCCC(CC)P(=O)(c1ccccc1)c1ccccc1. The van der Waals surface area contributed by atoms with Gasteiger partial charge in [-0.3, -0.25) is 0 Å². The van der Waals surface area contributed by atoms with Crippen molar-refractivity contribution in [3.8, 4) is 0 Å². The molecule has 1 nitrogen and oxygen atoms in total. The van der Waals surface area contributed by atoms with E-state index in [2.05, 4.69) is 13.8 Å². The van der Waals surface area contributed by atoms with Crippen molar-refractivity contribution in [3.63, 3.8) is 0 Å². The predicted octanol–water partition coefficient (Wildman–Crippen LogP) is 4.97. The summed E-state index contributed by atoms with van der Waals surface area (Å²) in [6.07, 6.45) is 4.29. The summed E-state index contributed by atoms with van der Waals surface area (Å²) in [6.45, 7) is 4.36. The summed E-state index contributed by atoms with van der Waals surface area (Å²) in [7, 11) is -2.56. The average Bonchev–Trinajstić information content (AvgIpc) is 2.57. The second kappa shape index (κ2) is 7.61. The Bertz CT molecular complexity index is 534. The van der Waals surface area contributed by atoms with Crippen LogP contribution in [0.25, 0.3) is 0 Å². The van der Waals surface area contributed by atoms with E-state index in [1.54, 1.807) is 0 Å². The van der Waals surface area contributed by atoms with Crippen molar-refractivity contribution in [3.05, 3.63) is 60.7 Å². The van der Waals surface area contributed by atoms with Crippen LogP contribution in [0.4, 0.5) is 0 Å². The van der Waals surface area contributed by atoms with Gasteiger partial charge in [-0.1, -0.05) is 87.4 Å². The molecule has 0 saturated carbocycles. The second-order valence-corrected chi connectivity index (χ2v) is 8.61. The van der Waals surface area contributed by atoms with Crippen LogP contribution >= 0.6 is 7.14 Å². The van der Waals surface area contributed by atoms with Gasteiger partial charge in [0.15, 0.2) is 0 Å². The summed E-state index contributed by atoms with van der Waals surface area (Å²) in [5, 5.41) is 2.00. The second-order valence-electron chi connectivity index (χ2n) is 5.53. The molecular formula is C19H25OP. The monoisotopic (exact) mass is 300 g/mol. The van der Waals surface area contributed by atoms with Gasteiger partial charge in [-0.2, -0.15) is 0 Å². The van der Waals surface area contributed by atoms with Crippen LogP contribution in [0.1, 0.15) is 39.5 Å². The molecule has 21 heavy (non-hydrogen) atoms. The smallest absolute Gasteiger partial charge is 0.146 e. The maximum atomic E-state index is 14.1. The van der Waals surface area contributed by atoms with E-state index in [0.717, 1.165) is 36.3 Å². The summed E-state index contributed by atoms with van der Waals surface area (Å²) in [5.74, 6) is 0. The molecule has 2 rings (SSSR count). The summed E-state index contributed by atoms with van der Waals surface area (Å²) >= 11 is 0. The van der Waals surface area contributed by atoms with Crippen LogP contribution in [-0.4, -0.2) is 5.66 Å². The molecule has 112 valence electrons. The number of unbranched alkanes of at least 4 members (excludes halogenated alkanes) is 1. The van der Waals surface area contributed by atoms with Gasteiger partial charge in [0.2, 0.25) is 0 Å². The Morgan fingerprint density at radius 1 is 0.857 bits per heavy atom. The third kappa shape index (κ3) is 3.47. The van der Waals surface area contributed by atoms with Gasteiger partial charge in [0.1, 0.15) is 7.14 Å². The molecule has 0 aliphatic rings. The Labute approximate surface area is 128 Å². The van der Waals surface area contributed by atoms with Crippen LogP contribution in [0.2, 0.25) is 0 Å². The van der Waals surface area contributed by atoms with Gasteiger partial charge in [0.05, 0.1) is 0 Å². The minimum Gasteiger partial charge on any atom is -0.313 e. The van der Waals surface area contributed by atoms with Crippen LogP contribution < -0.4 is 10.6 Å². The maximum Gasteiger partial charge on any atom is 0.146 e. The van der Waals surface area contributed by atoms with Crippen molar-refractivity contribution in [2.24, 2.45) is 0 Å². The van der Waals surface area contributed by atoms with E-state index in [0.29, 0.717) is 0 Å². The van der Waals surface area contributed by atoms with E-state index in [1.165, 1.54) is 0 Å². The standard InChI is InChI=1S/C19H25OP/c1-3-5-12-17(4-2)21(20,18-13-8-6-9-14-18)19-15-10-7-11-16-19/h6-11,13-17H,3-5,12H2,1-2H3. The van der Waals surface area contributed by atoms with E-state index < -0.39 is 7.14 Å². The number of hydrogen-bond donors (Lipinski definition) is 0. The van der Waals surface area contributed by atoms with Gasteiger partial charge in [-0.25, -0.2) is 0 Å². The molecule has 0 fully saturated rings. The molecule has 0 aliphatic carbocycles. The van der Waals surface area contributed by atoms with E-state index in [1.807, 2.05) is 60.7 Å². The van der Waals surface area contributed by atoms with Gasteiger partial charge < -0.3 is 4.57 Å². The van der Waals surface area contributed by atoms with Crippen molar-refractivity contribution in [1.29, 1.82) is 0 Å². The summed E-state index contributed by atoms with van der Waals surface area (Å²) in [5.41, 5.74) is 0.238. The normalized spacial score (nSPS) is 13.0. The molecule has 0 heterocycles. The van der Waals surface area contributed by atoms with Crippen LogP contribution in [0.5, 0.6) is 0 Å². The van der Waals surface area contributed by atoms with Gasteiger partial charge in [0, 0.05) is 16.3 Å². The molecule has 0 aliphatic heterocycles. The van der Waals surface area contributed by atoms with Gasteiger partial charge >= 0.3 is 0 Å². The van der Waals surface area contributed by atoms with Crippen LogP contribution in [0.15, 0.2) is 60.7 Å². The molecule has 0 spiro atoms. The minimum absolute atomic E-state index is 0.238. The fourth-order valence-electron chi connectivity index (χ4n) is 2.95. The van der Waals surface area contributed by atoms with Crippen molar-refractivity contribution in [1.82, 2.24) is 0 Å². The Hall–Kier alpha value is -1.33. The van der Waals surface area contributed by atoms with Crippen LogP contribution in [0.3, 0.4) is 0 Å². The van der Waals surface area contributed by atoms with Crippen molar-refractivity contribution < 1.29 is 4.57 Å². The molecule has 0 N–H and O–H groups in total. The molecule has 0 saturated heterocycles. The number of rotatable bonds is 7. The highest BCUT2D eigenvalue weighted by molar-refractivity contribution is 7.79. The highest BCUT2D eigenvalue weighted by atomic mass is 31.2. The third-order valence-electron chi connectivity index (χ3n) is 4.16. The molecule has 0 radical (unpaired) electrons. The quantitative estimate of drug-likeness (QED) is 0.660. The van der Waals surface area contributed by atoms with Gasteiger partial charge in [0.25, 0.3) is 0 Å². The lowest BCUT2D eigenvalue weighted by atomic mass is 10.2. The molecule has 0 bridgehead atoms. The first kappa shape index (κ1) is 16.0. The topological polar surface area (TPSA) is 17.1 Å². The van der Waals surface area contributed by atoms with Crippen LogP contribution in [-0.2, 0) is 4.57 Å². The predicted molar refractivity (Wildman–Crippen MR) is 93.4 cm³/mol. The summed E-state index contributed by atoms with van der Waals surface area (Å²) in [6, 6.07) is 20.1. The fraction of sp³-hybridized carbons (Fsp3) is 0.368. The lowest BCUT2D eigenvalue weighted by Gasteiger charge is -2.28. The first-order chi connectivity index (χ1) is 10.2. The van der Waals surface area contributed by atoms with Crippen molar-refractivity contribution in [2.45, 2.75) is 45.2 Å². The molecule has 1 unspecified atom stereocenters. The summed E-state index contributed by atoms with van der Waals surface area (Å²) in [4.78, 5) is 0. The molecular weight excluding hydrogens is 275 g/mol. The molecule has 1 atom stereocenters. The molecule has 2 heteroatoms. The largest absolute Gasteiger partial charge is 0.313 e. The Kier molecular flexibility index (Phi) is 5.82. The lowest BCUT2D eigenvalue weighted by Crippen LogP contribution is -2.25. The highest BCUT2D eigenvalue weighted by Crippen LogP contribution is 2.51. The molecule has 0 aromatic heterocycles. The van der Waals surface area contributed by atoms with Gasteiger partial charge in [-0.15, -0.1) is 0 Å². The maximum absolute atomic E-state index is 14.1. The van der Waals surface area contributed by atoms with Crippen LogP contribution in [0, 0.1) is 0 Å². The van der Waals surface area contributed by atoms with Crippen molar-refractivity contribution in [2.75, 3.05) is 0 Å². The Balaban J connectivity index is 2.51. The molecule has 0 amide bonds. The van der Waals surface area contributed by atoms with Crippen molar-refractivity contribution >= 4 is 17.8 Å². The van der Waals surface area contributed by atoms with Gasteiger partial charge in [-0.05, 0) is 12.8 Å². The Morgan fingerprint density at radius 2 is 1.33 bits per heavy atom. The zero-order valence-electron chi connectivity index (χ0n) is 13.0. The fourth-order valence-corrected chi connectivity index (χ4v) is 6.38. The van der Waals surface area contributed by atoms with E-state index in [9.17, 15) is 4.57 Å². The van der Waals surface area contributed by atoms with E-state index in [4.69, 9.17) is 0 Å². The zero-order valence-corrected chi connectivity index (χ0v) is 13.9. The number of hydrogen-bond acceptors (Lipinski definition) is 1. The Morgan fingerprint density at radius 3 is 1.71 bits per heavy atom. The first-order valence-corrected chi connectivity index (χ1v) is 9.72. The molecule has 2 aromatic carbocycles. The van der Waals surface area contributed by atoms with E-state index in [-0.39, 0.29) is 5.66 Å². The highest BCUT2D eigenvalue weighted by Gasteiger charge is 2.34. The lowest BCUT2D eigenvalue weighted by molar-refractivity contribution is 0.561. The minimum atomic E-state index is -2.56. The third-order valence-corrected chi connectivity index (χ3v) is 7.94. The zero-order chi connectivity index (χ0) is 15.1. The summed E-state index contributed by atoms with van der Waals surface area (Å²) < 4.78 is 14.1.